The molecule has 0 aliphatic heterocycles. The summed E-state index contributed by atoms with van der Waals surface area (Å²) >= 11 is 0.814. The fraction of sp³-hybridized carbons (Fsp3) is 0.200. The Hall–Kier alpha value is -2.60. The zero-order valence-corrected chi connectivity index (χ0v) is 15.6. The number of nitrogens with one attached hydrogen (secondary N) is 1. The van der Waals surface area contributed by atoms with Crippen molar-refractivity contribution in [2.45, 2.75) is 10.4 Å². The van der Waals surface area contributed by atoms with Crippen LogP contribution in [0.2, 0.25) is 0 Å². The summed E-state index contributed by atoms with van der Waals surface area (Å²) < 4.78 is 71.5. The summed E-state index contributed by atoms with van der Waals surface area (Å²) in [6, 6.07) is 6.56. The third kappa shape index (κ3) is 4.06. The zero-order chi connectivity index (χ0) is 19.8. The van der Waals surface area contributed by atoms with Gasteiger partial charge in [-0.1, -0.05) is 0 Å². The highest BCUT2D eigenvalue weighted by Crippen LogP contribution is 2.35. The molecule has 7 nitrogen and oxygen atoms in total. The van der Waals surface area contributed by atoms with E-state index in [1.165, 1.54) is 44.6 Å². The van der Waals surface area contributed by atoms with Gasteiger partial charge < -0.3 is 4.74 Å². The Labute approximate surface area is 156 Å². The molecule has 0 aliphatic rings. The van der Waals surface area contributed by atoms with Crippen LogP contribution < -0.4 is 9.46 Å². The van der Waals surface area contributed by atoms with Crippen LogP contribution in [0.25, 0.3) is 10.6 Å². The Balaban J connectivity index is 1.86. The molecule has 3 aromatic rings. The van der Waals surface area contributed by atoms with Crippen LogP contribution in [-0.2, 0) is 23.2 Å². The molecule has 0 aromatic carbocycles. The molecule has 0 fully saturated rings. The van der Waals surface area contributed by atoms with E-state index in [0.29, 0.717) is 15.4 Å². The van der Waals surface area contributed by atoms with Gasteiger partial charge in [0.05, 0.1) is 23.9 Å². The van der Waals surface area contributed by atoms with E-state index in [9.17, 15) is 21.6 Å². The SMILES string of the molecule is COc1ccc(NS(=O)(=O)c2ccc(-c3cc(C(F)(F)F)n(C)n3)s2)cn1. The Bertz CT molecular complexity index is 1060. The topological polar surface area (TPSA) is 86.1 Å². The Morgan fingerprint density at radius 2 is 1.96 bits per heavy atom. The maximum absolute atomic E-state index is 12.9. The maximum atomic E-state index is 12.9. The molecule has 0 bridgehead atoms. The lowest BCUT2D eigenvalue weighted by Crippen LogP contribution is -2.11. The van der Waals surface area contributed by atoms with E-state index in [-0.39, 0.29) is 15.6 Å². The molecule has 0 atom stereocenters. The number of hydrogen-bond donors (Lipinski definition) is 1. The largest absolute Gasteiger partial charge is 0.481 e. The number of pyridine rings is 1. The van der Waals surface area contributed by atoms with E-state index in [1.807, 2.05) is 0 Å². The molecule has 0 saturated heterocycles. The quantitative estimate of drug-likeness (QED) is 0.687. The van der Waals surface area contributed by atoms with Gasteiger partial charge in [-0.25, -0.2) is 13.4 Å². The van der Waals surface area contributed by atoms with Crippen LogP contribution in [0.3, 0.4) is 0 Å². The van der Waals surface area contributed by atoms with E-state index in [2.05, 4.69) is 14.8 Å². The molecule has 0 amide bonds. The number of aromatic nitrogens is 3. The molecule has 0 aliphatic carbocycles. The lowest BCUT2D eigenvalue weighted by atomic mass is 10.3. The van der Waals surface area contributed by atoms with Crippen molar-refractivity contribution in [1.82, 2.24) is 14.8 Å². The van der Waals surface area contributed by atoms with Crippen molar-refractivity contribution < 1.29 is 26.3 Å². The zero-order valence-electron chi connectivity index (χ0n) is 14.0. The number of sulfonamides is 1. The van der Waals surface area contributed by atoms with Gasteiger partial charge in [-0.05, 0) is 24.3 Å². The number of ether oxygens (including phenoxy) is 1. The molecule has 144 valence electrons. The number of halogens is 3. The highest BCUT2D eigenvalue weighted by Gasteiger charge is 2.35. The number of anilines is 1. The number of alkyl halides is 3. The van der Waals surface area contributed by atoms with Gasteiger partial charge in [-0.3, -0.25) is 9.40 Å². The van der Waals surface area contributed by atoms with Crippen LogP contribution >= 0.6 is 11.3 Å². The highest BCUT2D eigenvalue weighted by atomic mass is 32.2. The van der Waals surface area contributed by atoms with E-state index in [1.54, 1.807) is 0 Å². The number of methoxy groups -OCH3 is 1. The van der Waals surface area contributed by atoms with Crippen molar-refractivity contribution in [3.63, 3.8) is 0 Å². The Morgan fingerprint density at radius 3 is 2.52 bits per heavy atom. The first-order valence-corrected chi connectivity index (χ1v) is 9.64. The second kappa shape index (κ2) is 6.85. The number of rotatable bonds is 5. The Kier molecular flexibility index (Phi) is 4.86. The molecule has 1 N–H and O–H groups in total. The molecule has 3 aromatic heterocycles. The third-order valence-electron chi connectivity index (χ3n) is 3.47. The summed E-state index contributed by atoms with van der Waals surface area (Å²) in [5, 5.41) is 3.81. The predicted octanol–water partition coefficient (Wildman–Crippen LogP) is 3.37. The first-order valence-electron chi connectivity index (χ1n) is 7.34. The van der Waals surface area contributed by atoms with Gasteiger partial charge in [0, 0.05) is 13.1 Å². The normalized spacial score (nSPS) is 12.2. The fourth-order valence-electron chi connectivity index (χ4n) is 2.22. The van der Waals surface area contributed by atoms with Gasteiger partial charge >= 0.3 is 6.18 Å². The summed E-state index contributed by atoms with van der Waals surface area (Å²) in [7, 11) is -1.31. The van der Waals surface area contributed by atoms with Gasteiger partial charge in [-0.2, -0.15) is 18.3 Å². The van der Waals surface area contributed by atoms with E-state index < -0.39 is 21.9 Å². The molecular weight excluding hydrogens is 405 g/mol. The van der Waals surface area contributed by atoms with Crippen LogP contribution in [-0.4, -0.2) is 30.3 Å². The average Bonchev–Trinajstić information content (AvgIpc) is 3.21. The van der Waals surface area contributed by atoms with Gasteiger partial charge in [0.15, 0.2) is 0 Å². The number of thiophene rings is 1. The van der Waals surface area contributed by atoms with Crippen LogP contribution in [0, 0.1) is 0 Å². The molecule has 3 rings (SSSR count). The van der Waals surface area contributed by atoms with Crippen molar-refractivity contribution in [2.24, 2.45) is 7.05 Å². The molecular formula is C15H13F3N4O3S2. The summed E-state index contributed by atoms with van der Waals surface area (Å²) in [4.78, 5) is 4.20. The summed E-state index contributed by atoms with van der Waals surface area (Å²) in [6.07, 6.45) is -3.26. The molecule has 0 radical (unpaired) electrons. The van der Waals surface area contributed by atoms with Crippen molar-refractivity contribution in [3.05, 3.63) is 42.2 Å². The lowest BCUT2D eigenvalue weighted by molar-refractivity contribution is -0.143. The summed E-state index contributed by atoms with van der Waals surface area (Å²) in [5.74, 6) is 0.326. The standard InChI is InChI=1S/C15H13F3N4O3S2/c1-22-12(15(16,17)18)7-10(20-22)11-4-6-14(26-11)27(23,24)21-9-3-5-13(25-2)19-8-9/h3-8,21H,1-2H3. The Morgan fingerprint density at radius 1 is 1.22 bits per heavy atom. The van der Waals surface area contributed by atoms with E-state index in [4.69, 9.17) is 4.74 Å². The molecule has 27 heavy (non-hydrogen) atoms. The molecule has 0 unspecified atom stereocenters. The summed E-state index contributed by atoms with van der Waals surface area (Å²) in [5.41, 5.74) is -0.650. The second-order valence-corrected chi connectivity index (χ2v) is 8.34. The minimum atomic E-state index is -4.55. The van der Waals surface area contributed by atoms with Gasteiger partial charge in [0.1, 0.15) is 15.6 Å². The van der Waals surface area contributed by atoms with E-state index >= 15 is 0 Å². The monoisotopic (exact) mass is 418 g/mol. The average molecular weight is 418 g/mol. The molecule has 12 heteroatoms. The smallest absolute Gasteiger partial charge is 0.433 e. The minimum absolute atomic E-state index is 0.0439. The van der Waals surface area contributed by atoms with Crippen LogP contribution in [0.5, 0.6) is 5.88 Å². The first kappa shape index (κ1) is 19.2. The highest BCUT2D eigenvalue weighted by molar-refractivity contribution is 7.94. The van der Waals surface area contributed by atoms with Crippen LogP contribution in [0.4, 0.5) is 18.9 Å². The number of nitrogens with zero attached hydrogens (tertiary/aromatic N) is 3. The van der Waals surface area contributed by atoms with Gasteiger partial charge in [-0.15, -0.1) is 11.3 Å². The van der Waals surface area contributed by atoms with Gasteiger partial charge in [0.25, 0.3) is 10.0 Å². The van der Waals surface area contributed by atoms with Crippen LogP contribution in [0.1, 0.15) is 5.69 Å². The molecule has 0 saturated carbocycles. The van der Waals surface area contributed by atoms with Gasteiger partial charge in [0.2, 0.25) is 5.88 Å². The molecule has 3 heterocycles. The number of aryl methyl sites for hydroxylation is 1. The third-order valence-corrected chi connectivity index (χ3v) is 6.45. The first-order chi connectivity index (χ1) is 12.6. The second-order valence-electron chi connectivity index (χ2n) is 5.35. The van der Waals surface area contributed by atoms with Crippen LogP contribution in [0.15, 0.2) is 40.7 Å². The molecule has 0 spiro atoms. The van der Waals surface area contributed by atoms with Crippen molar-refractivity contribution in [3.8, 4) is 16.5 Å². The van der Waals surface area contributed by atoms with Crippen molar-refractivity contribution >= 4 is 27.0 Å². The maximum Gasteiger partial charge on any atom is 0.433 e. The predicted molar refractivity (Wildman–Crippen MR) is 93.1 cm³/mol. The minimum Gasteiger partial charge on any atom is -0.481 e. The summed E-state index contributed by atoms with van der Waals surface area (Å²) in [6.45, 7) is 0. The van der Waals surface area contributed by atoms with Crippen molar-refractivity contribution in [1.29, 1.82) is 0 Å². The van der Waals surface area contributed by atoms with E-state index in [0.717, 1.165) is 17.4 Å². The number of hydrogen-bond acceptors (Lipinski definition) is 6. The lowest BCUT2D eigenvalue weighted by Gasteiger charge is -2.06. The fourth-order valence-corrected chi connectivity index (χ4v) is 4.53. The van der Waals surface area contributed by atoms with Crippen molar-refractivity contribution in [2.75, 3.05) is 11.8 Å².